The lowest BCUT2D eigenvalue weighted by atomic mass is 9.99. The van der Waals surface area contributed by atoms with Gasteiger partial charge in [0.1, 0.15) is 5.76 Å². The number of hydrogen-bond acceptors (Lipinski definition) is 6. The molecule has 0 saturated heterocycles. The van der Waals surface area contributed by atoms with Crippen molar-refractivity contribution in [3.05, 3.63) is 58.3 Å². The zero-order valence-electron chi connectivity index (χ0n) is 16.1. The average Bonchev–Trinajstić information content (AvgIpc) is 3.29. The van der Waals surface area contributed by atoms with Crippen molar-refractivity contribution in [1.29, 1.82) is 0 Å². The van der Waals surface area contributed by atoms with Crippen LogP contribution in [0.15, 0.2) is 40.1 Å². The highest BCUT2D eigenvalue weighted by Gasteiger charge is 2.25. The molecule has 0 unspecified atom stereocenters. The molecule has 1 amide bonds. The molecule has 0 bridgehead atoms. The third-order valence-corrected chi connectivity index (χ3v) is 6.97. The Morgan fingerprint density at radius 1 is 1.31 bits per heavy atom. The molecule has 0 aliphatic carbocycles. The number of rotatable bonds is 5. The van der Waals surface area contributed by atoms with Crippen LogP contribution in [0.1, 0.15) is 22.6 Å². The van der Waals surface area contributed by atoms with Crippen LogP contribution in [-0.4, -0.2) is 36.4 Å². The summed E-state index contributed by atoms with van der Waals surface area (Å²) in [6.07, 6.45) is 1.95. The number of nitrogens with zero attached hydrogens (tertiary/aromatic N) is 2. The fourth-order valence-corrected chi connectivity index (χ4v) is 4.97. The summed E-state index contributed by atoms with van der Waals surface area (Å²) in [4.78, 5) is 17.1. The van der Waals surface area contributed by atoms with E-state index >= 15 is 0 Å². The molecule has 0 spiro atoms. The number of benzene rings is 1. The van der Waals surface area contributed by atoms with Gasteiger partial charge in [-0.25, -0.2) is 13.4 Å². The van der Waals surface area contributed by atoms with Crippen LogP contribution in [0.2, 0.25) is 0 Å². The normalized spacial score (nSPS) is 14.6. The molecule has 1 N–H and O–H groups in total. The van der Waals surface area contributed by atoms with E-state index in [9.17, 15) is 13.2 Å². The monoisotopic (exact) mass is 431 g/mol. The van der Waals surface area contributed by atoms with Gasteiger partial charge in [0.05, 0.1) is 18.4 Å². The van der Waals surface area contributed by atoms with Crippen LogP contribution in [0.25, 0.3) is 10.8 Å². The second-order valence-corrected chi connectivity index (χ2v) is 9.91. The third-order valence-electron chi connectivity index (χ3n) is 4.82. The van der Waals surface area contributed by atoms with Gasteiger partial charge in [0, 0.05) is 24.2 Å². The van der Waals surface area contributed by atoms with Crippen LogP contribution in [0.3, 0.4) is 0 Å². The minimum Gasteiger partial charge on any atom is -0.459 e. The summed E-state index contributed by atoms with van der Waals surface area (Å²) in [6.45, 7) is 2.62. The maximum Gasteiger partial charge on any atom is 0.230 e. The Kier molecular flexibility index (Phi) is 5.28. The van der Waals surface area contributed by atoms with Gasteiger partial charge < -0.3 is 9.73 Å². The first-order valence-electron chi connectivity index (χ1n) is 9.16. The Hall–Kier alpha value is -2.49. The molecule has 29 heavy (non-hydrogen) atoms. The number of furan rings is 1. The van der Waals surface area contributed by atoms with Crippen molar-refractivity contribution >= 4 is 33.0 Å². The number of thiazole rings is 1. The largest absolute Gasteiger partial charge is 0.459 e. The Morgan fingerprint density at radius 3 is 2.86 bits per heavy atom. The van der Waals surface area contributed by atoms with E-state index in [2.05, 4.69) is 10.3 Å². The highest BCUT2D eigenvalue weighted by atomic mass is 32.2. The number of aromatic nitrogens is 1. The van der Waals surface area contributed by atoms with Crippen molar-refractivity contribution in [3.8, 4) is 10.8 Å². The number of nitrogens with one attached hydrogen (secondary N) is 1. The van der Waals surface area contributed by atoms with Gasteiger partial charge in [-0.15, -0.1) is 11.3 Å². The van der Waals surface area contributed by atoms with Gasteiger partial charge in [-0.3, -0.25) is 4.79 Å². The lowest BCUT2D eigenvalue weighted by molar-refractivity contribution is -0.115. The first-order chi connectivity index (χ1) is 13.8. The Balaban J connectivity index is 1.45. The van der Waals surface area contributed by atoms with Gasteiger partial charge in [0.15, 0.2) is 10.8 Å². The first kappa shape index (κ1) is 19.8. The van der Waals surface area contributed by atoms with E-state index in [1.807, 2.05) is 42.6 Å². The summed E-state index contributed by atoms with van der Waals surface area (Å²) in [5.41, 5.74) is 3.33. The van der Waals surface area contributed by atoms with Crippen LogP contribution < -0.4 is 5.32 Å². The molecule has 0 atom stereocenters. The molecule has 1 aromatic carbocycles. The molecule has 9 heteroatoms. The molecule has 3 heterocycles. The van der Waals surface area contributed by atoms with Crippen molar-refractivity contribution in [2.75, 3.05) is 18.1 Å². The maximum absolute atomic E-state index is 12.6. The van der Waals surface area contributed by atoms with Crippen molar-refractivity contribution in [2.45, 2.75) is 26.3 Å². The second-order valence-electron chi connectivity index (χ2n) is 7.07. The van der Waals surface area contributed by atoms with Crippen LogP contribution in [-0.2, 0) is 34.2 Å². The van der Waals surface area contributed by atoms with E-state index in [1.54, 1.807) is 0 Å². The zero-order valence-corrected chi connectivity index (χ0v) is 17.8. The molecule has 0 saturated carbocycles. The van der Waals surface area contributed by atoms with Gasteiger partial charge in [0.25, 0.3) is 0 Å². The van der Waals surface area contributed by atoms with Gasteiger partial charge in [0.2, 0.25) is 15.9 Å². The van der Waals surface area contributed by atoms with E-state index in [1.165, 1.54) is 21.9 Å². The SMILES string of the molecule is Cc1ccc(-c2nc(CC(=O)Nc3cccc4c3CCN(S(C)(=O)=O)C4)cs2)o1. The minimum atomic E-state index is -3.23. The lowest BCUT2D eigenvalue weighted by Gasteiger charge is -2.28. The van der Waals surface area contributed by atoms with Gasteiger partial charge in [-0.2, -0.15) is 4.31 Å². The summed E-state index contributed by atoms with van der Waals surface area (Å²) in [5.74, 6) is 1.36. The molecule has 7 nitrogen and oxygen atoms in total. The van der Waals surface area contributed by atoms with Gasteiger partial charge in [-0.1, -0.05) is 12.1 Å². The Morgan fingerprint density at radius 2 is 2.14 bits per heavy atom. The second kappa shape index (κ2) is 7.74. The summed E-state index contributed by atoms with van der Waals surface area (Å²) in [7, 11) is -3.23. The van der Waals surface area contributed by atoms with Crippen LogP contribution >= 0.6 is 11.3 Å². The highest BCUT2D eigenvalue weighted by Crippen LogP contribution is 2.28. The topological polar surface area (TPSA) is 92.5 Å². The molecule has 0 fully saturated rings. The number of aryl methyl sites for hydroxylation is 1. The first-order valence-corrected chi connectivity index (χ1v) is 11.9. The summed E-state index contributed by atoms with van der Waals surface area (Å²) < 4.78 is 30.7. The Bertz CT molecular complexity index is 1160. The number of carbonyl (C=O) groups is 1. The number of carbonyl (C=O) groups excluding carboxylic acids is 1. The maximum atomic E-state index is 12.6. The summed E-state index contributed by atoms with van der Waals surface area (Å²) in [5, 5.41) is 5.57. The van der Waals surface area contributed by atoms with Crippen molar-refractivity contribution in [3.63, 3.8) is 0 Å². The zero-order chi connectivity index (χ0) is 20.6. The fraction of sp³-hybridized carbons (Fsp3) is 0.300. The van der Waals surface area contributed by atoms with Crippen molar-refractivity contribution in [2.24, 2.45) is 0 Å². The quantitative estimate of drug-likeness (QED) is 0.670. The van der Waals surface area contributed by atoms with Gasteiger partial charge in [-0.05, 0) is 42.7 Å². The van der Waals surface area contributed by atoms with Crippen molar-refractivity contribution < 1.29 is 17.6 Å². The lowest BCUT2D eigenvalue weighted by Crippen LogP contribution is -2.35. The molecular weight excluding hydrogens is 410 g/mol. The molecule has 0 radical (unpaired) electrons. The number of anilines is 1. The van der Waals surface area contributed by atoms with E-state index in [0.717, 1.165) is 27.6 Å². The van der Waals surface area contributed by atoms with Crippen molar-refractivity contribution in [1.82, 2.24) is 9.29 Å². The molecule has 4 rings (SSSR count). The van der Waals surface area contributed by atoms with E-state index in [-0.39, 0.29) is 12.3 Å². The number of hydrogen-bond donors (Lipinski definition) is 1. The highest BCUT2D eigenvalue weighted by molar-refractivity contribution is 7.88. The van der Waals surface area contributed by atoms with E-state index < -0.39 is 10.0 Å². The van der Waals surface area contributed by atoms with E-state index in [4.69, 9.17) is 4.42 Å². The molecule has 2 aromatic heterocycles. The molecule has 152 valence electrons. The number of amides is 1. The predicted molar refractivity (Wildman–Crippen MR) is 112 cm³/mol. The number of sulfonamides is 1. The van der Waals surface area contributed by atoms with Crippen LogP contribution in [0.5, 0.6) is 0 Å². The summed E-state index contributed by atoms with van der Waals surface area (Å²) >= 11 is 1.44. The van der Waals surface area contributed by atoms with E-state index in [0.29, 0.717) is 31.0 Å². The predicted octanol–water partition coefficient (Wildman–Crippen LogP) is 3.21. The molecular formula is C20H21N3O4S2. The smallest absolute Gasteiger partial charge is 0.230 e. The molecule has 3 aromatic rings. The van der Waals surface area contributed by atoms with Gasteiger partial charge >= 0.3 is 0 Å². The molecule has 1 aliphatic rings. The Labute approximate surface area is 173 Å². The van der Waals surface area contributed by atoms with Crippen LogP contribution in [0.4, 0.5) is 5.69 Å². The average molecular weight is 432 g/mol. The summed E-state index contributed by atoms with van der Waals surface area (Å²) in [6, 6.07) is 9.34. The standard InChI is InChI=1S/C20H21N3O4S2/c1-13-6-7-18(27-13)20-21-15(12-28-20)10-19(24)22-17-5-3-4-14-11-23(29(2,25)26)9-8-16(14)17/h3-7,12H,8-11H2,1-2H3,(H,22,24). The van der Waals surface area contributed by atoms with Crippen LogP contribution in [0, 0.1) is 6.92 Å². The number of fused-ring (bicyclic) bond motifs is 1. The fourth-order valence-electron chi connectivity index (χ4n) is 3.39. The third kappa shape index (κ3) is 4.42. The minimum absolute atomic E-state index is 0.156. The molecule has 1 aliphatic heterocycles.